The van der Waals surface area contributed by atoms with Crippen LogP contribution in [0.25, 0.3) is 22.5 Å². The van der Waals surface area contributed by atoms with Gasteiger partial charge in [-0.15, -0.1) is 10.2 Å². The van der Waals surface area contributed by atoms with Crippen LogP contribution in [0.2, 0.25) is 0 Å². The number of amides is 1. The van der Waals surface area contributed by atoms with Crippen LogP contribution >= 0.6 is 0 Å². The molecule has 0 saturated heterocycles. The summed E-state index contributed by atoms with van der Waals surface area (Å²) in [7, 11) is 3.20. The molecule has 2 aromatic carbocycles. The lowest BCUT2D eigenvalue weighted by Gasteiger charge is -2.09. The SMILES string of the molecule is COc1ccc(CCNC(=O)/C=C/c2nnc3c4ccccc4cnn23)cc1OC. The van der Waals surface area contributed by atoms with Gasteiger partial charge in [0.2, 0.25) is 5.91 Å². The van der Waals surface area contributed by atoms with Crippen molar-refractivity contribution in [3.63, 3.8) is 0 Å². The lowest BCUT2D eigenvalue weighted by molar-refractivity contribution is -0.116. The zero-order valence-corrected chi connectivity index (χ0v) is 16.7. The van der Waals surface area contributed by atoms with E-state index in [-0.39, 0.29) is 5.91 Å². The third kappa shape index (κ3) is 3.93. The number of hydrogen-bond donors (Lipinski definition) is 1. The molecule has 0 aliphatic carbocycles. The number of nitrogens with one attached hydrogen (secondary N) is 1. The fourth-order valence-electron chi connectivity index (χ4n) is 3.19. The van der Waals surface area contributed by atoms with Crippen LogP contribution in [0.3, 0.4) is 0 Å². The summed E-state index contributed by atoms with van der Waals surface area (Å²) in [6, 6.07) is 13.5. The highest BCUT2D eigenvalue weighted by atomic mass is 16.5. The minimum Gasteiger partial charge on any atom is -0.493 e. The van der Waals surface area contributed by atoms with E-state index in [0.717, 1.165) is 16.3 Å². The summed E-state index contributed by atoms with van der Waals surface area (Å²) >= 11 is 0. The number of hydrogen-bond acceptors (Lipinski definition) is 6. The van der Waals surface area contributed by atoms with E-state index in [9.17, 15) is 4.79 Å². The van der Waals surface area contributed by atoms with Crippen LogP contribution in [0.4, 0.5) is 0 Å². The highest BCUT2D eigenvalue weighted by Crippen LogP contribution is 2.27. The molecule has 0 saturated carbocycles. The Labute approximate surface area is 173 Å². The van der Waals surface area contributed by atoms with Crippen LogP contribution in [0, 0.1) is 0 Å². The summed E-state index contributed by atoms with van der Waals surface area (Å²) in [5.74, 6) is 1.62. The van der Waals surface area contributed by atoms with Crippen molar-refractivity contribution in [3.05, 3.63) is 66.1 Å². The Kier molecular flexibility index (Phi) is 5.56. The zero-order valence-electron chi connectivity index (χ0n) is 16.7. The molecule has 4 aromatic rings. The Morgan fingerprint density at radius 1 is 1.10 bits per heavy atom. The Hall–Kier alpha value is -3.94. The second-order valence-corrected chi connectivity index (χ2v) is 6.59. The molecule has 152 valence electrons. The molecule has 8 heteroatoms. The van der Waals surface area contributed by atoms with Crippen LogP contribution in [0.15, 0.2) is 54.7 Å². The monoisotopic (exact) mass is 403 g/mol. The van der Waals surface area contributed by atoms with Gasteiger partial charge in [-0.05, 0) is 30.2 Å². The van der Waals surface area contributed by atoms with Crippen molar-refractivity contribution in [2.24, 2.45) is 0 Å². The van der Waals surface area contributed by atoms with E-state index < -0.39 is 0 Å². The largest absolute Gasteiger partial charge is 0.493 e. The Morgan fingerprint density at radius 3 is 2.77 bits per heavy atom. The van der Waals surface area contributed by atoms with E-state index in [1.165, 1.54) is 6.08 Å². The van der Waals surface area contributed by atoms with Crippen molar-refractivity contribution in [1.29, 1.82) is 0 Å². The number of nitrogens with zero attached hydrogens (tertiary/aromatic N) is 4. The van der Waals surface area contributed by atoms with Gasteiger partial charge in [-0.25, -0.2) is 0 Å². The third-order valence-corrected chi connectivity index (χ3v) is 4.72. The summed E-state index contributed by atoms with van der Waals surface area (Å²) in [5.41, 5.74) is 1.69. The van der Waals surface area contributed by atoms with Crippen LogP contribution in [-0.4, -0.2) is 46.5 Å². The summed E-state index contributed by atoms with van der Waals surface area (Å²) < 4.78 is 12.2. The Balaban J connectivity index is 1.39. The fourth-order valence-corrected chi connectivity index (χ4v) is 3.19. The predicted octanol–water partition coefficient (Wildman–Crippen LogP) is 2.67. The molecule has 0 fully saturated rings. The number of fused-ring (bicyclic) bond motifs is 3. The van der Waals surface area contributed by atoms with Gasteiger partial charge >= 0.3 is 0 Å². The van der Waals surface area contributed by atoms with Crippen molar-refractivity contribution < 1.29 is 14.3 Å². The van der Waals surface area contributed by atoms with E-state index in [1.54, 1.807) is 31.0 Å². The van der Waals surface area contributed by atoms with Gasteiger partial charge in [0, 0.05) is 23.4 Å². The van der Waals surface area contributed by atoms with Gasteiger partial charge in [0.25, 0.3) is 0 Å². The smallest absolute Gasteiger partial charge is 0.244 e. The van der Waals surface area contributed by atoms with Crippen LogP contribution < -0.4 is 14.8 Å². The molecule has 1 N–H and O–H groups in total. The highest BCUT2D eigenvalue weighted by Gasteiger charge is 2.08. The molecule has 0 unspecified atom stereocenters. The van der Waals surface area contributed by atoms with Gasteiger partial charge in [-0.2, -0.15) is 9.61 Å². The van der Waals surface area contributed by atoms with Gasteiger partial charge in [0.1, 0.15) is 0 Å². The number of aromatic nitrogens is 4. The first kappa shape index (κ1) is 19.4. The van der Waals surface area contributed by atoms with Crippen molar-refractivity contribution in [2.75, 3.05) is 20.8 Å². The van der Waals surface area contributed by atoms with Gasteiger partial charge in [0.05, 0.1) is 20.4 Å². The minimum absolute atomic E-state index is 0.215. The number of carbonyl (C=O) groups excluding carboxylic acids is 1. The molecule has 0 aliphatic heterocycles. The second-order valence-electron chi connectivity index (χ2n) is 6.59. The molecule has 0 spiro atoms. The number of ether oxygens (including phenoxy) is 2. The number of methoxy groups -OCH3 is 2. The molecule has 2 aromatic heterocycles. The molecule has 4 rings (SSSR count). The van der Waals surface area contributed by atoms with Gasteiger partial charge < -0.3 is 14.8 Å². The van der Waals surface area contributed by atoms with Crippen molar-refractivity contribution >= 4 is 28.4 Å². The van der Waals surface area contributed by atoms with E-state index in [1.807, 2.05) is 42.5 Å². The van der Waals surface area contributed by atoms with Crippen LogP contribution in [0.1, 0.15) is 11.4 Å². The predicted molar refractivity (Wildman–Crippen MR) is 114 cm³/mol. The van der Waals surface area contributed by atoms with Crippen molar-refractivity contribution in [1.82, 2.24) is 25.1 Å². The standard InChI is InChI=1S/C22H21N5O3/c1-29-18-8-7-15(13-19(18)30-2)11-12-23-21(28)10-9-20-25-26-22-17-6-4-3-5-16(17)14-24-27(20)22/h3-10,13-14H,11-12H2,1-2H3,(H,23,28)/b10-9+. The van der Waals surface area contributed by atoms with E-state index in [4.69, 9.17) is 9.47 Å². The lowest BCUT2D eigenvalue weighted by atomic mass is 10.1. The molecule has 1 amide bonds. The van der Waals surface area contributed by atoms with Crippen LogP contribution in [-0.2, 0) is 11.2 Å². The molecule has 0 radical (unpaired) electrons. The van der Waals surface area contributed by atoms with Gasteiger partial charge in [-0.1, -0.05) is 30.3 Å². The van der Waals surface area contributed by atoms with Crippen molar-refractivity contribution in [2.45, 2.75) is 6.42 Å². The topological polar surface area (TPSA) is 90.6 Å². The normalized spacial score (nSPS) is 11.3. The lowest BCUT2D eigenvalue weighted by Crippen LogP contribution is -2.23. The summed E-state index contributed by atoms with van der Waals surface area (Å²) in [4.78, 5) is 12.2. The highest BCUT2D eigenvalue weighted by molar-refractivity contribution is 5.94. The molecular weight excluding hydrogens is 382 g/mol. The molecule has 8 nitrogen and oxygen atoms in total. The first-order valence-electron chi connectivity index (χ1n) is 9.45. The maximum absolute atomic E-state index is 12.2. The molecule has 0 bridgehead atoms. The first-order chi connectivity index (χ1) is 14.7. The minimum atomic E-state index is -0.215. The first-order valence-corrected chi connectivity index (χ1v) is 9.45. The van der Waals surface area contributed by atoms with Gasteiger partial charge in [-0.3, -0.25) is 4.79 Å². The third-order valence-electron chi connectivity index (χ3n) is 4.72. The maximum atomic E-state index is 12.2. The zero-order chi connectivity index (χ0) is 20.9. The van der Waals surface area contributed by atoms with Gasteiger partial charge in [0.15, 0.2) is 23.0 Å². The average molecular weight is 403 g/mol. The Morgan fingerprint density at radius 2 is 1.93 bits per heavy atom. The summed E-state index contributed by atoms with van der Waals surface area (Å²) in [6.45, 7) is 0.488. The van der Waals surface area contributed by atoms with E-state index in [0.29, 0.717) is 35.9 Å². The molecule has 0 aliphatic rings. The van der Waals surface area contributed by atoms with Crippen LogP contribution in [0.5, 0.6) is 11.5 Å². The summed E-state index contributed by atoms with van der Waals surface area (Å²) in [6.07, 6.45) is 5.46. The Bertz CT molecular complexity index is 1230. The number of carbonyl (C=O) groups is 1. The number of benzene rings is 2. The van der Waals surface area contributed by atoms with E-state index in [2.05, 4.69) is 20.6 Å². The molecule has 0 atom stereocenters. The fraction of sp³-hybridized carbons (Fsp3) is 0.182. The average Bonchev–Trinajstić information content (AvgIpc) is 3.21. The van der Waals surface area contributed by atoms with E-state index >= 15 is 0 Å². The second kappa shape index (κ2) is 8.60. The maximum Gasteiger partial charge on any atom is 0.244 e. The quantitative estimate of drug-likeness (QED) is 0.477. The number of rotatable bonds is 7. The van der Waals surface area contributed by atoms with Crippen molar-refractivity contribution in [3.8, 4) is 11.5 Å². The molecular formula is C22H21N5O3. The molecule has 30 heavy (non-hydrogen) atoms. The molecule has 2 heterocycles. The summed E-state index contributed by atoms with van der Waals surface area (Å²) in [5, 5.41) is 17.5.